The van der Waals surface area contributed by atoms with Crippen molar-refractivity contribution in [3.8, 4) is 5.75 Å². The number of hydrogen-bond donors (Lipinski definition) is 2. The first-order chi connectivity index (χ1) is 8.04. The molecule has 0 atom stereocenters. The standard InChI is InChI=1S/C12H12O5/c1-17-10-7-8(3-2-4-11(13)14)5-6-9(10)12(15)16/h2-3,5-7H,4H2,1H3,(H,13,14)(H,15,16). The maximum Gasteiger partial charge on any atom is 0.339 e. The van der Waals surface area contributed by atoms with E-state index in [-0.39, 0.29) is 17.7 Å². The first-order valence-electron chi connectivity index (χ1n) is 4.84. The van der Waals surface area contributed by atoms with Crippen molar-refractivity contribution in [1.29, 1.82) is 0 Å². The molecule has 0 saturated heterocycles. The van der Waals surface area contributed by atoms with E-state index in [2.05, 4.69) is 0 Å². The van der Waals surface area contributed by atoms with Crippen LogP contribution in [-0.2, 0) is 4.79 Å². The number of carboxylic acids is 2. The molecule has 1 aromatic rings. The molecule has 0 unspecified atom stereocenters. The van der Waals surface area contributed by atoms with Crippen LogP contribution in [0.3, 0.4) is 0 Å². The Bertz CT molecular complexity index is 462. The molecule has 90 valence electrons. The Morgan fingerprint density at radius 3 is 2.59 bits per heavy atom. The number of carboxylic acid groups (broad SMARTS) is 2. The van der Waals surface area contributed by atoms with Crippen LogP contribution < -0.4 is 4.74 Å². The van der Waals surface area contributed by atoms with Gasteiger partial charge in [-0.3, -0.25) is 4.79 Å². The first-order valence-corrected chi connectivity index (χ1v) is 4.84. The van der Waals surface area contributed by atoms with E-state index >= 15 is 0 Å². The lowest BCUT2D eigenvalue weighted by atomic mass is 10.1. The van der Waals surface area contributed by atoms with Gasteiger partial charge in [0.2, 0.25) is 0 Å². The monoisotopic (exact) mass is 236 g/mol. The van der Waals surface area contributed by atoms with Gasteiger partial charge in [-0.2, -0.15) is 0 Å². The van der Waals surface area contributed by atoms with Gasteiger partial charge in [0.05, 0.1) is 13.5 Å². The number of aliphatic carboxylic acids is 1. The van der Waals surface area contributed by atoms with Crippen molar-refractivity contribution in [2.75, 3.05) is 7.11 Å². The van der Waals surface area contributed by atoms with Crippen LogP contribution in [0.1, 0.15) is 22.3 Å². The normalized spacial score (nSPS) is 10.4. The predicted octanol–water partition coefficient (Wildman–Crippen LogP) is 1.88. The van der Waals surface area contributed by atoms with E-state index in [1.54, 1.807) is 18.2 Å². The fourth-order valence-electron chi connectivity index (χ4n) is 1.28. The van der Waals surface area contributed by atoms with E-state index in [0.717, 1.165) is 0 Å². The van der Waals surface area contributed by atoms with Gasteiger partial charge in [0.1, 0.15) is 11.3 Å². The number of rotatable bonds is 5. The first kappa shape index (κ1) is 12.8. The third kappa shape index (κ3) is 3.64. The highest BCUT2D eigenvalue weighted by atomic mass is 16.5. The molecule has 0 aliphatic carbocycles. The molecular formula is C12H12O5. The average Bonchev–Trinajstić information content (AvgIpc) is 2.28. The fraction of sp³-hybridized carbons (Fsp3) is 0.167. The summed E-state index contributed by atoms with van der Waals surface area (Å²) in [5.74, 6) is -1.74. The van der Waals surface area contributed by atoms with Gasteiger partial charge in [0, 0.05) is 0 Å². The van der Waals surface area contributed by atoms with Crippen LogP contribution in [0.25, 0.3) is 6.08 Å². The van der Waals surface area contributed by atoms with Crippen LogP contribution in [0, 0.1) is 0 Å². The summed E-state index contributed by atoms with van der Waals surface area (Å²) in [7, 11) is 1.38. The molecule has 1 aromatic carbocycles. The number of benzene rings is 1. The van der Waals surface area contributed by atoms with E-state index in [1.165, 1.54) is 19.3 Å². The summed E-state index contributed by atoms with van der Waals surface area (Å²) >= 11 is 0. The molecule has 5 nitrogen and oxygen atoms in total. The van der Waals surface area contributed by atoms with Crippen LogP contribution in [-0.4, -0.2) is 29.3 Å². The number of methoxy groups -OCH3 is 1. The van der Waals surface area contributed by atoms with Gasteiger partial charge in [-0.15, -0.1) is 0 Å². The minimum atomic E-state index is -1.07. The second-order valence-corrected chi connectivity index (χ2v) is 3.27. The van der Waals surface area contributed by atoms with E-state index in [9.17, 15) is 9.59 Å². The van der Waals surface area contributed by atoms with Gasteiger partial charge >= 0.3 is 11.9 Å². The molecule has 0 aromatic heterocycles. The molecule has 2 N–H and O–H groups in total. The van der Waals surface area contributed by atoms with Gasteiger partial charge in [-0.05, 0) is 17.7 Å². The van der Waals surface area contributed by atoms with E-state index in [0.29, 0.717) is 5.56 Å². The largest absolute Gasteiger partial charge is 0.496 e. The topological polar surface area (TPSA) is 83.8 Å². The van der Waals surface area contributed by atoms with E-state index < -0.39 is 11.9 Å². The summed E-state index contributed by atoms with van der Waals surface area (Å²) in [5, 5.41) is 17.3. The second kappa shape index (κ2) is 5.69. The molecule has 0 heterocycles. The molecule has 0 aliphatic rings. The number of hydrogen-bond acceptors (Lipinski definition) is 3. The van der Waals surface area contributed by atoms with Gasteiger partial charge in [-0.25, -0.2) is 4.79 Å². The molecule has 0 bridgehead atoms. The zero-order valence-electron chi connectivity index (χ0n) is 9.21. The molecule has 0 aliphatic heterocycles. The zero-order chi connectivity index (χ0) is 12.8. The van der Waals surface area contributed by atoms with Crippen LogP contribution >= 0.6 is 0 Å². The predicted molar refractivity (Wildman–Crippen MR) is 61.2 cm³/mol. The van der Waals surface area contributed by atoms with Crippen LogP contribution in [0.5, 0.6) is 5.75 Å². The van der Waals surface area contributed by atoms with Crippen LogP contribution in [0.4, 0.5) is 0 Å². The molecule has 5 heteroatoms. The minimum Gasteiger partial charge on any atom is -0.496 e. The zero-order valence-corrected chi connectivity index (χ0v) is 9.21. The third-order valence-corrected chi connectivity index (χ3v) is 2.06. The quantitative estimate of drug-likeness (QED) is 0.815. The number of aromatic carboxylic acids is 1. The summed E-state index contributed by atoms with van der Waals surface area (Å²) < 4.78 is 4.94. The summed E-state index contributed by atoms with van der Waals surface area (Å²) in [5.41, 5.74) is 0.760. The Labute approximate surface area is 98.0 Å². The maximum atomic E-state index is 10.8. The summed E-state index contributed by atoms with van der Waals surface area (Å²) in [6.45, 7) is 0. The molecule has 0 radical (unpaired) electrons. The summed E-state index contributed by atoms with van der Waals surface area (Å²) in [6, 6.07) is 4.55. The smallest absolute Gasteiger partial charge is 0.339 e. The highest BCUT2D eigenvalue weighted by Crippen LogP contribution is 2.21. The van der Waals surface area contributed by atoms with E-state index in [1.807, 2.05) is 0 Å². The Morgan fingerprint density at radius 2 is 2.06 bits per heavy atom. The lowest BCUT2D eigenvalue weighted by molar-refractivity contribution is -0.135. The molecule has 0 fully saturated rings. The third-order valence-electron chi connectivity index (χ3n) is 2.06. The number of ether oxygens (including phenoxy) is 1. The van der Waals surface area contributed by atoms with Crippen molar-refractivity contribution >= 4 is 18.0 Å². The Kier molecular flexibility index (Phi) is 4.28. The van der Waals surface area contributed by atoms with Gasteiger partial charge in [0.15, 0.2) is 0 Å². The number of carbonyl (C=O) groups is 2. The SMILES string of the molecule is COc1cc(C=CCC(=O)O)ccc1C(=O)O. The summed E-state index contributed by atoms with van der Waals surface area (Å²) in [4.78, 5) is 21.1. The Hall–Kier alpha value is -2.30. The molecule has 0 amide bonds. The minimum absolute atomic E-state index is 0.0721. The van der Waals surface area contributed by atoms with Crippen LogP contribution in [0.15, 0.2) is 24.3 Å². The Balaban J connectivity index is 2.93. The second-order valence-electron chi connectivity index (χ2n) is 3.27. The van der Waals surface area contributed by atoms with Crippen molar-refractivity contribution < 1.29 is 24.5 Å². The lowest BCUT2D eigenvalue weighted by Gasteiger charge is -2.05. The van der Waals surface area contributed by atoms with Crippen molar-refractivity contribution in [1.82, 2.24) is 0 Å². The van der Waals surface area contributed by atoms with Crippen molar-refractivity contribution in [3.63, 3.8) is 0 Å². The van der Waals surface area contributed by atoms with Crippen molar-refractivity contribution in [2.24, 2.45) is 0 Å². The highest BCUT2D eigenvalue weighted by Gasteiger charge is 2.10. The Morgan fingerprint density at radius 1 is 1.35 bits per heavy atom. The lowest BCUT2D eigenvalue weighted by Crippen LogP contribution is -2.00. The highest BCUT2D eigenvalue weighted by molar-refractivity contribution is 5.91. The molecular weight excluding hydrogens is 224 g/mol. The maximum absolute atomic E-state index is 10.8. The van der Waals surface area contributed by atoms with Gasteiger partial charge in [0.25, 0.3) is 0 Å². The molecule has 0 saturated carbocycles. The summed E-state index contributed by atoms with van der Waals surface area (Å²) in [6.07, 6.45) is 3.00. The van der Waals surface area contributed by atoms with E-state index in [4.69, 9.17) is 14.9 Å². The average molecular weight is 236 g/mol. The van der Waals surface area contributed by atoms with Crippen molar-refractivity contribution in [2.45, 2.75) is 6.42 Å². The van der Waals surface area contributed by atoms with Crippen LogP contribution in [0.2, 0.25) is 0 Å². The molecule has 17 heavy (non-hydrogen) atoms. The van der Waals surface area contributed by atoms with Gasteiger partial charge in [-0.1, -0.05) is 18.2 Å². The molecule has 0 spiro atoms. The fourth-order valence-corrected chi connectivity index (χ4v) is 1.28. The van der Waals surface area contributed by atoms with Gasteiger partial charge < -0.3 is 14.9 Å². The molecule has 1 rings (SSSR count). The van der Waals surface area contributed by atoms with Crippen molar-refractivity contribution in [3.05, 3.63) is 35.4 Å².